The number of carbonyl (C=O) groups is 2. The number of anilines is 1. The molecule has 0 bridgehead atoms. The van der Waals surface area contributed by atoms with Crippen LogP contribution in [0.4, 0.5) is 5.69 Å². The Kier molecular flexibility index (Phi) is 5.67. The summed E-state index contributed by atoms with van der Waals surface area (Å²) in [7, 11) is 1.82. The van der Waals surface area contributed by atoms with Gasteiger partial charge in [-0.3, -0.25) is 9.59 Å². The minimum absolute atomic E-state index is 0.159. The normalized spacial score (nSPS) is 19.4. The van der Waals surface area contributed by atoms with Crippen LogP contribution in [0.15, 0.2) is 18.2 Å². The van der Waals surface area contributed by atoms with Crippen molar-refractivity contribution in [2.75, 3.05) is 25.0 Å². The van der Waals surface area contributed by atoms with Crippen molar-refractivity contribution in [3.05, 3.63) is 28.2 Å². The Balaban J connectivity index is 2.02. The fraction of sp³-hybridized carbons (Fsp3) is 0.467. The lowest BCUT2D eigenvalue weighted by Crippen LogP contribution is -2.42. The molecular weight excluding hydrogens is 325 g/mol. The van der Waals surface area contributed by atoms with Crippen LogP contribution in [0, 0.1) is 5.92 Å². The molecule has 5 nitrogen and oxygen atoms in total. The van der Waals surface area contributed by atoms with Crippen molar-refractivity contribution >= 4 is 40.7 Å². The molecule has 0 aromatic heterocycles. The second-order valence-electron chi connectivity index (χ2n) is 5.36. The van der Waals surface area contributed by atoms with E-state index in [1.165, 1.54) is 0 Å². The van der Waals surface area contributed by atoms with Crippen molar-refractivity contribution in [3.63, 3.8) is 0 Å². The van der Waals surface area contributed by atoms with Crippen LogP contribution in [-0.4, -0.2) is 38.0 Å². The van der Waals surface area contributed by atoms with Crippen LogP contribution < -0.4 is 15.5 Å². The highest BCUT2D eigenvalue weighted by Crippen LogP contribution is 2.31. The summed E-state index contributed by atoms with van der Waals surface area (Å²) < 4.78 is 0. The van der Waals surface area contributed by atoms with Gasteiger partial charge >= 0.3 is 0 Å². The lowest BCUT2D eigenvalue weighted by molar-refractivity contribution is -0.132. The number of amides is 2. The van der Waals surface area contributed by atoms with E-state index >= 15 is 0 Å². The molecule has 2 amide bonds. The van der Waals surface area contributed by atoms with E-state index in [4.69, 9.17) is 23.2 Å². The molecule has 0 radical (unpaired) electrons. The Bertz CT molecular complexity index is 580. The minimum Gasteiger partial charge on any atom is -0.354 e. The van der Waals surface area contributed by atoms with E-state index in [2.05, 4.69) is 10.6 Å². The molecule has 7 heteroatoms. The molecule has 120 valence electrons. The Morgan fingerprint density at radius 3 is 2.77 bits per heavy atom. The Morgan fingerprint density at radius 2 is 2.14 bits per heavy atom. The van der Waals surface area contributed by atoms with E-state index in [0.717, 1.165) is 0 Å². The summed E-state index contributed by atoms with van der Waals surface area (Å²) in [5.74, 6) is -1.07. The number of benzene rings is 1. The SMILES string of the molecule is CNC(C)CNC(=O)C1CCN(c2ccc(Cl)c(Cl)c2)C1=O. The zero-order chi connectivity index (χ0) is 16.3. The summed E-state index contributed by atoms with van der Waals surface area (Å²) in [5.41, 5.74) is 0.665. The van der Waals surface area contributed by atoms with Crippen molar-refractivity contribution in [3.8, 4) is 0 Å². The van der Waals surface area contributed by atoms with Crippen LogP contribution in [-0.2, 0) is 9.59 Å². The van der Waals surface area contributed by atoms with Gasteiger partial charge in [-0.15, -0.1) is 0 Å². The molecule has 0 saturated carbocycles. The van der Waals surface area contributed by atoms with E-state index in [0.29, 0.717) is 35.2 Å². The molecule has 2 N–H and O–H groups in total. The largest absolute Gasteiger partial charge is 0.354 e. The number of nitrogens with zero attached hydrogens (tertiary/aromatic N) is 1. The smallest absolute Gasteiger partial charge is 0.239 e. The number of halogens is 2. The second-order valence-corrected chi connectivity index (χ2v) is 6.18. The molecule has 1 fully saturated rings. The van der Waals surface area contributed by atoms with Crippen molar-refractivity contribution in [2.45, 2.75) is 19.4 Å². The molecule has 0 spiro atoms. The van der Waals surface area contributed by atoms with E-state index in [-0.39, 0.29) is 17.9 Å². The standard InChI is InChI=1S/C15H19Cl2N3O2/c1-9(18-2)8-19-14(21)11-5-6-20(15(11)22)10-3-4-12(16)13(17)7-10/h3-4,7,9,11,18H,5-6,8H2,1-2H3,(H,19,21). The number of nitrogens with one attached hydrogen (secondary N) is 2. The van der Waals surface area contributed by atoms with E-state index in [1.807, 2.05) is 14.0 Å². The highest BCUT2D eigenvalue weighted by molar-refractivity contribution is 6.42. The molecule has 2 atom stereocenters. The average molecular weight is 344 g/mol. The first-order valence-electron chi connectivity index (χ1n) is 7.15. The zero-order valence-corrected chi connectivity index (χ0v) is 14.0. The van der Waals surface area contributed by atoms with Crippen molar-refractivity contribution in [1.82, 2.24) is 10.6 Å². The fourth-order valence-corrected chi connectivity index (χ4v) is 2.60. The monoisotopic (exact) mass is 343 g/mol. The summed E-state index contributed by atoms with van der Waals surface area (Å²) in [6, 6.07) is 5.18. The Hall–Kier alpha value is -1.30. The lowest BCUT2D eigenvalue weighted by Gasteiger charge is -2.18. The maximum Gasteiger partial charge on any atom is 0.239 e. The van der Waals surface area contributed by atoms with Crippen molar-refractivity contribution in [2.24, 2.45) is 5.92 Å². The van der Waals surface area contributed by atoms with Gasteiger partial charge in [-0.2, -0.15) is 0 Å². The molecule has 1 heterocycles. The molecule has 2 unspecified atom stereocenters. The van der Waals surface area contributed by atoms with Gasteiger partial charge in [0.05, 0.1) is 10.0 Å². The maximum absolute atomic E-state index is 12.4. The second kappa shape index (κ2) is 7.31. The summed E-state index contributed by atoms with van der Waals surface area (Å²) in [6.45, 7) is 2.95. The summed E-state index contributed by atoms with van der Waals surface area (Å²) in [5, 5.41) is 6.66. The van der Waals surface area contributed by atoms with E-state index in [1.54, 1.807) is 23.1 Å². The number of likely N-dealkylation sites (N-methyl/N-ethyl adjacent to an activating group) is 1. The van der Waals surface area contributed by atoms with Crippen LogP contribution in [0.25, 0.3) is 0 Å². The van der Waals surface area contributed by atoms with Gasteiger partial charge in [-0.05, 0) is 38.6 Å². The third-order valence-corrected chi connectivity index (χ3v) is 4.55. The van der Waals surface area contributed by atoms with E-state index < -0.39 is 5.92 Å². The number of rotatable bonds is 5. The molecule has 22 heavy (non-hydrogen) atoms. The number of hydrogen-bond acceptors (Lipinski definition) is 3. The van der Waals surface area contributed by atoms with Crippen LogP contribution in [0.1, 0.15) is 13.3 Å². The van der Waals surface area contributed by atoms with Crippen LogP contribution >= 0.6 is 23.2 Å². The quantitative estimate of drug-likeness (QED) is 0.804. The van der Waals surface area contributed by atoms with Crippen LogP contribution in [0.2, 0.25) is 10.0 Å². The third kappa shape index (κ3) is 3.72. The molecule has 1 saturated heterocycles. The molecule has 1 aliphatic heterocycles. The summed E-state index contributed by atoms with van der Waals surface area (Å²) in [4.78, 5) is 26.1. The molecular formula is C15H19Cl2N3O2. The fourth-order valence-electron chi connectivity index (χ4n) is 2.31. The van der Waals surface area contributed by atoms with Gasteiger partial charge in [-0.25, -0.2) is 0 Å². The number of carbonyl (C=O) groups excluding carboxylic acids is 2. The predicted octanol–water partition coefficient (Wildman–Crippen LogP) is 2.07. The molecule has 2 rings (SSSR count). The molecule has 0 aliphatic carbocycles. The van der Waals surface area contributed by atoms with Crippen molar-refractivity contribution < 1.29 is 9.59 Å². The Labute approximate surface area is 139 Å². The molecule has 1 aromatic carbocycles. The van der Waals surface area contributed by atoms with Crippen molar-refractivity contribution in [1.29, 1.82) is 0 Å². The van der Waals surface area contributed by atoms with Gasteiger partial charge in [-0.1, -0.05) is 23.2 Å². The topological polar surface area (TPSA) is 61.4 Å². The number of hydrogen-bond donors (Lipinski definition) is 2. The van der Waals surface area contributed by atoms with Gasteiger partial charge in [0.2, 0.25) is 11.8 Å². The lowest BCUT2D eigenvalue weighted by atomic mass is 10.1. The Morgan fingerprint density at radius 1 is 1.41 bits per heavy atom. The van der Waals surface area contributed by atoms with Gasteiger partial charge in [0.15, 0.2) is 0 Å². The first-order valence-corrected chi connectivity index (χ1v) is 7.91. The first kappa shape index (κ1) is 17.1. The molecule has 1 aliphatic rings. The predicted molar refractivity (Wildman–Crippen MR) is 88.5 cm³/mol. The summed E-state index contributed by atoms with van der Waals surface area (Å²) >= 11 is 11.9. The van der Waals surface area contributed by atoms with Crippen LogP contribution in [0.3, 0.4) is 0 Å². The first-order chi connectivity index (χ1) is 10.4. The highest BCUT2D eigenvalue weighted by atomic mass is 35.5. The third-order valence-electron chi connectivity index (χ3n) is 3.81. The van der Waals surface area contributed by atoms with E-state index in [9.17, 15) is 9.59 Å². The molecule has 1 aromatic rings. The summed E-state index contributed by atoms with van der Waals surface area (Å²) in [6.07, 6.45) is 0.499. The zero-order valence-electron chi connectivity index (χ0n) is 12.5. The highest BCUT2D eigenvalue weighted by Gasteiger charge is 2.37. The van der Waals surface area contributed by atoms with Gasteiger partial charge in [0, 0.05) is 24.8 Å². The van der Waals surface area contributed by atoms with Gasteiger partial charge in [0.1, 0.15) is 5.92 Å². The minimum atomic E-state index is -0.640. The van der Waals surface area contributed by atoms with Gasteiger partial charge in [0.25, 0.3) is 0 Å². The maximum atomic E-state index is 12.4. The van der Waals surface area contributed by atoms with Crippen LogP contribution in [0.5, 0.6) is 0 Å². The average Bonchev–Trinajstić information content (AvgIpc) is 2.89. The van der Waals surface area contributed by atoms with Gasteiger partial charge < -0.3 is 15.5 Å².